The highest BCUT2D eigenvalue weighted by molar-refractivity contribution is 6.32. The lowest BCUT2D eigenvalue weighted by atomic mass is 9.63. The third-order valence-electron chi connectivity index (χ3n) is 7.03. The molecule has 0 fully saturated rings. The summed E-state index contributed by atoms with van der Waals surface area (Å²) in [5, 5.41) is 1.57. The van der Waals surface area contributed by atoms with Gasteiger partial charge in [-0.25, -0.2) is 0 Å². The van der Waals surface area contributed by atoms with Crippen molar-refractivity contribution in [3.8, 4) is 11.1 Å². The number of halogens is 2. The molecule has 0 saturated carbocycles. The zero-order chi connectivity index (χ0) is 22.4. The van der Waals surface area contributed by atoms with E-state index in [1.165, 1.54) is 44.5 Å². The summed E-state index contributed by atoms with van der Waals surface area (Å²) in [5.74, 6) is 0. The molecule has 6 rings (SSSR count). The third kappa shape index (κ3) is 3.13. The van der Waals surface area contributed by atoms with Gasteiger partial charge in [0.15, 0.2) is 0 Å². The number of rotatable bonds is 4. The largest absolute Gasteiger partial charge is 0.0843 e. The number of benzene rings is 4. The van der Waals surface area contributed by atoms with Crippen molar-refractivity contribution in [1.29, 1.82) is 0 Å². The van der Waals surface area contributed by atoms with Gasteiger partial charge < -0.3 is 0 Å². The lowest BCUT2D eigenvalue weighted by Crippen LogP contribution is -2.33. The zero-order valence-corrected chi connectivity index (χ0v) is 19.6. The number of hydrogen-bond donors (Lipinski definition) is 0. The molecule has 0 nitrogen and oxygen atoms in total. The first kappa shape index (κ1) is 20.5. The summed E-state index contributed by atoms with van der Waals surface area (Å²) in [6, 6.07) is 32.1. The van der Waals surface area contributed by atoms with Crippen LogP contribution in [0.4, 0.5) is 0 Å². The molecule has 2 heteroatoms. The van der Waals surface area contributed by atoms with Crippen LogP contribution in [0.5, 0.6) is 0 Å². The molecule has 0 radical (unpaired) electrons. The summed E-state index contributed by atoms with van der Waals surface area (Å²) < 4.78 is 0. The standard InChI is InChI=1S/C31H22Cl2/c32-25-15-16-26-21(19-25)20-28-27(26)17-18-29(33)30(28)31(24-13-7-8-14-24,22-9-3-1-4-10-22)23-11-5-2-6-12-23/h1-13,15-19H,14,20H2. The average molecular weight is 465 g/mol. The highest BCUT2D eigenvalue weighted by atomic mass is 35.5. The maximum absolute atomic E-state index is 7.17. The molecule has 33 heavy (non-hydrogen) atoms. The fraction of sp³-hybridized carbons (Fsp3) is 0.0968. The Balaban J connectivity index is 1.73. The molecule has 0 unspecified atom stereocenters. The summed E-state index contributed by atoms with van der Waals surface area (Å²) in [6.07, 6.45) is 8.39. The maximum atomic E-state index is 7.17. The van der Waals surface area contributed by atoms with Crippen molar-refractivity contribution in [2.24, 2.45) is 0 Å². The maximum Gasteiger partial charge on any atom is 0.0685 e. The van der Waals surface area contributed by atoms with Crippen molar-refractivity contribution in [1.82, 2.24) is 0 Å². The molecule has 4 aromatic carbocycles. The molecule has 2 aliphatic rings. The summed E-state index contributed by atoms with van der Waals surface area (Å²) in [5.41, 5.74) is 9.55. The molecule has 0 heterocycles. The van der Waals surface area contributed by atoms with Gasteiger partial charge in [-0.2, -0.15) is 0 Å². The minimum atomic E-state index is -0.486. The Kier molecular flexibility index (Phi) is 5.02. The minimum Gasteiger partial charge on any atom is -0.0843 e. The first-order valence-corrected chi connectivity index (χ1v) is 12.0. The van der Waals surface area contributed by atoms with Crippen molar-refractivity contribution in [3.63, 3.8) is 0 Å². The number of allylic oxidation sites excluding steroid dienone is 4. The molecule has 0 N–H and O–H groups in total. The Bertz CT molecular complexity index is 1370. The minimum absolute atomic E-state index is 0.486. The molecular formula is C31H22Cl2. The topological polar surface area (TPSA) is 0 Å². The molecule has 0 aromatic heterocycles. The molecule has 0 spiro atoms. The van der Waals surface area contributed by atoms with Gasteiger partial charge >= 0.3 is 0 Å². The van der Waals surface area contributed by atoms with Crippen molar-refractivity contribution in [2.75, 3.05) is 0 Å². The van der Waals surface area contributed by atoms with E-state index in [0.717, 1.165) is 22.9 Å². The van der Waals surface area contributed by atoms with Crippen molar-refractivity contribution >= 4 is 23.2 Å². The van der Waals surface area contributed by atoms with Crippen LogP contribution in [0.2, 0.25) is 10.0 Å². The first-order chi connectivity index (χ1) is 16.2. The van der Waals surface area contributed by atoms with E-state index in [-0.39, 0.29) is 0 Å². The van der Waals surface area contributed by atoms with Gasteiger partial charge in [0.25, 0.3) is 0 Å². The highest BCUT2D eigenvalue weighted by Crippen LogP contribution is 2.54. The smallest absolute Gasteiger partial charge is 0.0685 e. The second-order valence-electron chi connectivity index (χ2n) is 8.73. The fourth-order valence-electron chi connectivity index (χ4n) is 5.71. The Morgan fingerprint density at radius 3 is 2.00 bits per heavy atom. The average Bonchev–Trinajstić information content (AvgIpc) is 3.50. The van der Waals surface area contributed by atoms with Crippen LogP contribution < -0.4 is 0 Å². The summed E-state index contributed by atoms with van der Waals surface area (Å²) in [6.45, 7) is 0. The van der Waals surface area contributed by atoms with Crippen molar-refractivity contribution < 1.29 is 0 Å². The van der Waals surface area contributed by atoms with E-state index in [4.69, 9.17) is 23.2 Å². The Hall–Kier alpha value is -3.06. The van der Waals surface area contributed by atoms with Crippen LogP contribution in [-0.4, -0.2) is 0 Å². The normalized spacial score (nSPS) is 14.2. The first-order valence-electron chi connectivity index (χ1n) is 11.3. The molecular weight excluding hydrogens is 443 g/mol. The van der Waals surface area contributed by atoms with Crippen molar-refractivity contribution in [2.45, 2.75) is 18.3 Å². The van der Waals surface area contributed by atoms with Gasteiger partial charge in [0.2, 0.25) is 0 Å². The summed E-state index contributed by atoms with van der Waals surface area (Å²) in [7, 11) is 0. The monoisotopic (exact) mass is 464 g/mol. The van der Waals surface area contributed by atoms with E-state index in [2.05, 4.69) is 103 Å². The quantitative estimate of drug-likeness (QED) is 0.233. The van der Waals surface area contributed by atoms with Crippen LogP contribution in [0.25, 0.3) is 11.1 Å². The molecule has 2 aliphatic carbocycles. The Morgan fingerprint density at radius 2 is 1.36 bits per heavy atom. The van der Waals surface area contributed by atoms with Crippen molar-refractivity contribution in [3.05, 3.63) is 153 Å². The molecule has 160 valence electrons. The van der Waals surface area contributed by atoms with Crippen LogP contribution >= 0.6 is 23.2 Å². The lowest BCUT2D eigenvalue weighted by molar-refractivity contribution is 0.704. The van der Waals surface area contributed by atoms with E-state index in [0.29, 0.717) is 0 Å². The van der Waals surface area contributed by atoms with Gasteiger partial charge in [-0.15, -0.1) is 0 Å². The predicted octanol–water partition coefficient (Wildman–Crippen LogP) is 8.79. The lowest BCUT2D eigenvalue weighted by Gasteiger charge is -2.40. The zero-order valence-electron chi connectivity index (χ0n) is 18.1. The fourth-order valence-corrected chi connectivity index (χ4v) is 6.22. The summed E-state index contributed by atoms with van der Waals surface area (Å²) in [4.78, 5) is 0. The van der Waals surface area contributed by atoms with Gasteiger partial charge in [0.05, 0.1) is 5.41 Å². The molecule has 0 saturated heterocycles. The highest BCUT2D eigenvalue weighted by Gasteiger charge is 2.44. The number of fused-ring (bicyclic) bond motifs is 3. The van der Waals surface area contributed by atoms with Gasteiger partial charge in [-0.05, 0) is 75.6 Å². The Morgan fingerprint density at radius 1 is 0.697 bits per heavy atom. The predicted molar refractivity (Wildman–Crippen MR) is 139 cm³/mol. The molecule has 4 aromatic rings. The second kappa shape index (κ2) is 8.06. The van der Waals surface area contributed by atoms with Crippen LogP contribution in [-0.2, 0) is 11.8 Å². The van der Waals surface area contributed by atoms with E-state index in [1.807, 2.05) is 6.07 Å². The van der Waals surface area contributed by atoms with Gasteiger partial charge in [-0.1, -0.05) is 114 Å². The van der Waals surface area contributed by atoms with E-state index in [1.54, 1.807) is 0 Å². The summed E-state index contributed by atoms with van der Waals surface area (Å²) >= 11 is 13.6. The van der Waals surface area contributed by atoms with Gasteiger partial charge in [0, 0.05) is 10.0 Å². The van der Waals surface area contributed by atoms with E-state index >= 15 is 0 Å². The van der Waals surface area contributed by atoms with Crippen LogP contribution in [0.15, 0.2) is 115 Å². The van der Waals surface area contributed by atoms with E-state index in [9.17, 15) is 0 Å². The third-order valence-corrected chi connectivity index (χ3v) is 7.58. The molecule has 0 amide bonds. The van der Waals surface area contributed by atoms with Crippen LogP contribution in [0, 0.1) is 0 Å². The van der Waals surface area contributed by atoms with Crippen LogP contribution in [0.3, 0.4) is 0 Å². The molecule has 0 aliphatic heterocycles. The number of hydrogen-bond acceptors (Lipinski definition) is 0. The second-order valence-corrected chi connectivity index (χ2v) is 9.58. The molecule has 0 atom stereocenters. The molecule has 0 bridgehead atoms. The van der Waals surface area contributed by atoms with Gasteiger partial charge in [-0.3, -0.25) is 0 Å². The van der Waals surface area contributed by atoms with Gasteiger partial charge in [0.1, 0.15) is 0 Å². The van der Waals surface area contributed by atoms with Crippen LogP contribution in [0.1, 0.15) is 34.2 Å². The van der Waals surface area contributed by atoms with E-state index < -0.39 is 5.41 Å². The Labute approximate surface area is 204 Å². The SMILES string of the molecule is Clc1ccc2c(c1)Cc1c-2ccc(Cl)c1C(C1=CC=CC1)(c1ccccc1)c1ccccc1.